The Morgan fingerprint density at radius 3 is 3.00 bits per heavy atom. The Kier molecular flexibility index (Phi) is 5.13. The fourth-order valence-electron chi connectivity index (χ4n) is 3.71. The van der Waals surface area contributed by atoms with Crippen LogP contribution in [0.3, 0.4) is 0 Å². The summed E-state index contributed by atoms with van der Waals surface area (Å²) in [6.45, 7) is 0.699. The van der Waals surface area contributed by atoms with Gasteiger partial charge in [0.05, 0.1) is 25.5 Å². The molecule has 4 rings (SSSR count). The predicted molar refractivity (Wildman–Crippen MR) is 105 cm³/mol. The third-order valence-corrected chi connectivity index (χ3v) is 6.00. The summed E-state index contributed by atoms with van der Waals surface area (Å²) in [7, 11) is 1.64. The maximum Gasteiger partial charge on any atom is 0.272 e. The van der Waals surface area contributed by atoms with E-state index >= 15 is 0 Å². The zero-order chi connectivity index (χ0) is 18.8. The number of fused-ring (bicyclic) bond motifs is 1. The summed E-state index contributed by atoms with van der Waals surface area (Å²) in [6.07, 6.45) is 5.87. The largest absolute Gasteiger partial charge is 0.496 e. The molecule has 1 atom stereocenters. The van der Waals surface area contributed by atoms with Crippen LogP contribution in [-0.4, -0.2) is 51.6 Å². The van der Waals surface area contributed by atoms with Gasteiger partial charge < -0.3 is 14.7 Å². The number of hydrogen-bond acceptors (Lipinski definition) is 5. The molecule has 1 fully saturated rings. The molecule has 1 saturated heterocycles. The molecular weight excluding hydrogens is 362 g/mol. The van der Waals surface area contributed by atoms with E-state index in [0.717, 1.165) is 47.7 Å². The number of aliphatic hydroxyl groups is 1. The molecule has 0 radical (unpaired) electrons. The Bertz CT molecular complexity index is 949. The van der Waals surface area contributed by atoms with E-state index in [0.29, 0.717) is 12.2 Å². The highest BCUT2D eigenvalue weighted by Crippen LogP contribution is 2.31. The van der Waals surface area contributed by atoms with Crippen molar-refractivity contribution in [3.63, 3.8) is 0 Å². The SMILES string of the molecule is COc1ccccc1-c1cn2c(C(=O)N3CCCCC[C@H]3CO)csc2n1. The average molecular weight is 385 g/mol. The van der Waals surface area contributed by atoms with Crippen LogP contribution in [0, 0.1) is 0 Å². The molecule has 0 bridgehead atoms. The van der Waals surface area contributed by atoms with Crippen LogP contribution in [0.5, 0.6) is 5.75 Å². The Morgan fingerprint density at radius 1 is 1.33 bits per heavy atom. The summed E-state index contributed by atoms with van der Waals surface area (Å²) in [6, 6.07) is 7.62. The fraction of sp³-hybridized carbons (Fsp3) is 0.400. The molecule has 3 heterocycles. The quantitative estimate of drug-likeness (QED) is 0.747. The van der Waals surface area contributed by atoms with Gasteiger partial charge in [0.2, 0.25) is 0 Å². The van der Waals surface area contributed by atoms with Crippen molar-refractivity contribution >= 4 is 22.2 Å². The monoisotopic (exact) mass is 385 g/mol. The molecule has 6 nitrogen and oxygen atoms in total. The number of ether oxygens (including phenoxy) is 1. The molecule has 0 unspecified atom stereocenters. The smallest absolute Gasteiger partial charge is 0.272 e. The highest BCUT2D eigenvalue weighted by atomic mass is 32.1. The predicted octanol–water partition coefficient (Wildman–Crippen LogP) is 3.45. The number of imidazole rings is 1. The summed E-state index contributed by atoms with van der Waals surface area (Å²) >= 11 is 1.45. The van der Waals surface area contributed by atoms with Crippen molar-refractivity contribution in [2.24, 2.45) is 0 Å². The van der Waals surface area contributed by atoms with Crippen LogP contribution in [0.1, 0.15) is 36.2 Å². The minimum absolute atomic E-state index is 0.00934. The van der Waals surface area contributed by atoms with Crippen LogP contribution in [0.25, 0.3) is 16.2 Å². The summed E-state index contributed by atoms with van der Waals surface area (Å²) < 4.78 is 7.29. The van der Waals surface area contributed by atoms with Crippen LogP contribution in [0.4, 0.5) is 0 Å². The van der Waals surface area contributed by atoms with Crippen LogP contribution in [0.2, 0.25) is 0 Å². The summed E-state index contributed by atoms with van der Waals surface area (Å²) in [5.41, 5.74) is 2.28. The van der Waals surface area contributed by atoms with E-state index < -0.39 is 0 Å². The molecule has 0 saturated carbocycles. The highest BCUT2D eigenvalue weighted by Gasteiger charge is 2.28. The second kappa shape index (κ2) is 7.70. The van der Waals surface area contributed by atoms with E-state index in [4.69, 9.17) is 4.74 Å². The summed E-state index contributed by atoms with van der Waals surface area (Å²) in [5.74, 6) is 0.718. The second-order valence-electron chi connectivity index (χ2n) is 6.78. The fourth-order valence-corrected chi connectivity index (χ4v) is 4.55. The third kappa shape index (κ3) is 3.33. The number of amides is 1. The minimum Gasteiger partial charge on any atom is -0.496 e. The number of carbonyl (C=O) groups excluding carboxylic acids is 1. The normalized spacial score (nSPS) is 17.9. The van der Waals surface area contributed by atoms with Gasteiger partial charge in [-0.1, -0.05) is 25.0 Å². The molecule has 1 aromatic carbocycles. The number of methoxy groups -OCH3 is 1. The van der Waals surface area contributed by atoms with Gasteiger partial charge in [-0.15, -0.1) is 11.3 Å². The average Bonchev–Trinajstić information content (AvgIpc) is 3.19. The van der Waals surface area contributed by atoms with E-state index in [-0.39, 0.29) is 18.6 Å². The molecule has 1 aliphatic rings. The summed E-state index contributed by atoms with van der Waals surface area (Å²) in [4.78, 5) is 20.5. The van der Waals surface area contributed by atoms with Crippen molar-refractivity contribution in [1.29, 1.82) is 0 Å². The lowest BCUT2D eigenvalue weighted by Crippen LogP contribution is -2.42. The van der Waals surface area contributed by atoms with Gasteiger partial charge in [0.1, 0.15) is 11.4 Å². The van der Waals surface area contributed by atoms with Crippen molar-refractivity contribution in [2.75, 3.05) is 20.3 Å². The van der Waals surface area contributed by atoms with Gasteiger partial charge in [-0.05, 0) is 25.0 Å². The first-order chi connectivity index (χ1) is 13.2. The Balaban J connectivity index is 1.70. The molecule has 0 aliphatic carbocycles. The van der Waals surface area contributed by atoms with E-state index in [9.17, 15) is 9.90 Å². The molecule has 1 N–H and O–H groups in total. The van der Waals surface area contributed by atoms with Crippen molar-refractivity contribution in [3.05, 3.63) is 41.5 Å². The molecule has 1 aliphatic heterocycles. The van der Waals surface area contributed by atoms with Gasteiger partial charge in [0.25, 0.3) is 5.91 Å². The first-order valence-electron chi connectivity index (χ1n) is 9.24. The maximum absolute atomic E-state index is 13.2. The van der Waals surface area contributed by atoms with Gasteiger partial charge in [0, 0.05) is 23.7 Å². The number of thiazole rings is 1. The first kappa shape index (κ1) is 18.0. The first-order valence-corrected chi connectivity index (χ1v) is 10.1. The molecule has 1 amide bonds. The molecule has 0 spiro atoms. The lowest BCUT2D eigenvalue weighted by atomic mass is 10.1. The number of aromatic nitrogens is 2. The molecule has 3 aromatic rings. The van der Waals surface area contributed by atoms with Crippen molar-refractivity contribution < 1.29 is 14.6 Å². The molecule has 142 valence electrons. The summed E-state index contributed by atoms with van der Waals surface area (Å²) in [5, 5.41) is 11.6. The van der Waals surface area contributed by atoms with E-state index in [1.54, 1.807) is 7.11 Å². The standard InChI is InChI=1S/C20H23N3O3S/c1-26-18-9-5-4-8-15(18)16-11-23-17(13-27-20(23)21-16)19(25)22-10-6-2-3-7-14(22)12-24/h4-5,8-9,11,13-14,24H,2-3,6-7,10,12H2,1H3/t14-/m0/s1. The minimum atomic E-state index is -0.104. The number of aliphatic hydroxyl groups excluding tert-OH is 1. The van der Waals surface area contributed by atoms with E-state index in [1.165, 1.54) is 11.3 Å². The van der Waals surface area contributed by atoms with Crippen molar-refractivity contribution in [2.45, 2.75) is 31.7 Å². The van der Waals surface area contributed by atoms with Crippen LogP contribution < -0.4 is 4.74 Å². The number of hydrogen-bond donors (Lipinski definition) is 1. The topological polar surface area (TPSA) is 67.1 Å². The molecule has 2 aromatic heterocycles. The van der Waals surface area contributed by atoms with E-state index in [2.05, 4.69) is 4.98 Å². The molecule has 7 heteroatoms. The van der Waals surface area contributed by atoms with Gasteiger partial charge >= 0.3 is 0 Å². The van der Waals surface area contributed by atoms with Crippen molar-refractivity contribution in [1.82, 2.24) is 14.3 Å². The number of rotatable bonds is 4. The van der Waals surface area contributed by atoms with Gasteiger partial charge in [0.15, 0.2) is 4.96 Å². The zero-order valence-corrected chi connectivity index (χ0v) is 16.1. The third-order valence-electron chi connectivity index (χ3n) is 5.16. The molecule has 27 heavy (non-hydrogen) atoms. The second-order valence-corrected chi connectivity index (χ2v) is 7.62. The van der Waals surface area contributed by atoms with Gasteiger partial charge in [-0.25, -0.2) is 4.98 Å². The lowest BCUT2D eigenvalue weighted by Gasteiger charge is -2.28. The maximum atomic E-state index is 13.2. The van der Waals surface area contributed by atoms with Crippen LogP contribution in [-0.2, 0) is 0 Å². The van der Waals surface area contributed by atoms with Crippen LogP contribution in [0.15, 0.2) is 35.8 Å². The van der Waals surface area contributed by atoms with Gasteiger partial charge in [-0.2, -0.15) is 0 Å². The zero-order valence-electron chi connectivity index (χ0n) is 15.3. The Labute approximate surface area is 162 Å². The highest BCUT2D eigenvalue weighted by molar-refractivity contribution is 7.15. The van der Waals surface area contributed by atoms with Gasteiger partial charge in [-0.3, -0.25) is 9.20 Å². The Morgan fingerprint density at radius 2 is 2.19 bits per heavy atom. The van der Waals surface area contributed by atoms with Crippen LogP contribution >= 0.6 is 11.3 Å². The number of para-hydroxylation sites is 1. The Hall–Kier alpha value is -2.38. The van der Waals surface area contributed by atoms with E-state index in [1.807, 2.05) is 45.1 Å². The number of carbonyl (C=O) groups is 1. The van der Waals surface area contributed by atoms with Crippen molar-refractivity contribution in [3.8, 4) is 17.0 Å². The number of benzene rings is 1. The number of nitrogens with zero attached hydrogens (tertiary/aromatic N) is 3. The lowest BCUT2D eigenvalue weighted by molar-refractivity contribution is 0.0593. The molecular formula is C20H23N3O3S. The number of likely N-dealkylation sites (tertiary alicyclic amines) is 1.